The number of β-lactam (4-membered cyclic amide) rings is 1. The van der Waals surface area contributed by atoms with Gasteiger partial charge < -0.3 is 20.6 Å². The third-order valence-electron chi connectivity index (χ3n) is 5.96. The number of rotatable bonds is 15. The lowest BCUT2D eigenvalue weighted by atomic mass is 10.0. The summed E-state index contributed by atoms with van der Waals surface area (Å²) in [7, 11) is 1.26. The van der Waals surface area contributed by atoms with Crippen LogP contribution in [0.5, 0.6) is 0 Å². The second kappa shape index (κ2) is 13.7. The fourth-order valence-electron chi connectivity index (χ4n) is 4.08. The molecule has 2 aromatic rings. The van der Waals surface area contributed by atoms with Crippen LogP contribution in [-0.4, -0.2) is 95.1 Å². The van der Waals surface area contributed by atoms with Crippen LogP contribution in [0.3, 0.4) is 0 Å². The van der Waals surface area contributed by atoms with Crippen molar-refractivity contribution >= 4 is 69.9 Å². The molecule has 18 heteroatoms. The van der Waals surface area contributed by atoms with Crippen molar-refractivity contribution in [3.8, 4) is 0 Å². The van der Waals surface area contributed by atoms with E-state index in [1.54, 1.807) is 4.68 Å². The number of amides is 3. The minimum Gasteiger partial charge on any atom is -0.477 e. The number of nitrogens with zero attached hydrogens (tertiary/aromatic N) is 7. The van der Waals surface area contributed by atoms with Gasteiger partial charge in [0.1, 0.15) is 29.9 Å². The highest BCUT2D eigenvalue weighted by Crippen LogP contribution is 2.41. The first-order chi connectivity index (χ1) is 19.4. The maximum Gasteiger partial charge on any atom is 0.352 e. The largest absolute Gasteiger partial charge is 0.477 e. The number of unbranched alkanes of at least 4 members (excludes halogenated alkanes) is 3. The fourth-order valence-corrected chi connectivity index (χ4v) is 7.12. The number of hydrogen-bond donors (Lipinski definition) is 3. The number of nitrogens with one attached hydrogen (secondary N) is 2. The van der Waals surface area contributed by atoms with Crippen molar-refractivity contribution in [1.29, 1.82) is 0 Å². The summed E-state index contributed by atoms with van der Waals surface area (Å²) >= 11 is 3.75. The number of thioether (sulfide) groups is 2. The van der Waals surface area contributed by atoms with Crippen molar-refractivity contribution in [3.05, 3.63) is 22.3 Å². The van der Waals surface area contributed by atoms with Gasteiger partial charge in [-0.15, -0.1) is 28.2 Å². The zero-order valence-electron chi connectivity index (χ0n) is 21.6. The maximum absolute atomic E-state index is 13.1. The molecular weight excluding hydrogens is 583 g/mol. The molecule has 4 heterocycles. The lowest BCUT2D eigenvalue weighted by Crippen LogP contribution is -2.71. The van der Waals surface area contributed by atoms with Crippen molar-refractivity contribution < 1.29 is 29.1 Å². The second-order valence-electron chi connectivity index (χ2n) is 8.57. The molecule has 0 spiro atoms. The molecule has 214 valence electrons. The van der Waals surface area contributed by atoms with Crippen molar-refractivity contribution in [2.45, 2.75) is 55.7 Å². The topological polar surface area (TPSA) is 194 Å². The van der Waals surface area contributed by atoms with Crippen molar-refractivity contribution in [2.75, 3.05) is 23.9 Å². The van der Waals surface area contributed by atoms with Gasteiger partial charge >= 0.3 is 5.97 Å². The Labute approximate surface area is 241 Å². The van der Waals surface area contributed by atoms with Crippen molar-refractivity contribution in [1.82, 2.24) is 35.4 Å². The molecule has 4 rings (SSSR count). The monoisotopic (exact) mass is 609 g/mol. The van der Waals surface area contributed by atoms with E-state index in [9.17, 15) is 24.3 Å². The van der Waals surface area contributed by atoms with Gasteiger partial charge in [-0.3, -0.25) is 19.3 Å². The number of aliphatic carboxylic acids is 1. The van der Waals surface area contributed by atoms with Crippen LogP contribution in [0.25, 0.3) is 0 Å². The maximum atomic E-state index is 13.1. The number of oxime groups is 1. The fraction of sp³-hybridized carbons (Fsp3) is 0.500. The Morgan fingerprint density at radius 3 is 2.90 bits per heavy atom. The standard InChI is InChI=1S/C22H27N9O6S3/c1-3-4-5-6-7-30-22(26-28-29-30)40-9-12-8-38-19-15(18(34)31(19)16(12)20(35)36)25-17(33)14(27-37-2)13-10-39-21(24-13)23-11-32/h10-11,15,19H,3-9H2,1-2H3,(H,25,33)(H,35,36)(H,23,24,32)/b27-14+/t15?,19-/m1/s1. The third-order valence-corrected chi connectivity index (χ3v) is 9.12. The predicted molar refractivity (Wildman–Crippen MR) is 148 cm³/mol. The lowest BCUT2D eigenvalue weighted by molar-refractivity contribution is -0.150. The molecule has 2 aliphatic heterocycles. The molecule has 0 bridgehead atoms. The van der Waals surface area contributed by atoms with Gasteiger partial charge in [0.2, 0.25) is 11.6 Å². The number of carbonyl (C=O) groups excluding carboxylic acids is 3. The van der Waals surface area contributed by atoms with Crippen LogP contribution in [-0.2, 0) is 30.6 Å². The summed E-state index contributed by atoms with van der Waals surface area (Å²) in [5.41, 5.74) is 0.426. The van der Waals surface area contributed by atoms with Crippen molar-refractivity contribution in [3.63, 3.8) is 0 Å². The molecule has 40 heavy (non-hydrogen) atoms. The van der Waals surface area contributed by atoms with E-state index in [4.69, 9.17) is 4.84 Å². The highest BCUT2D eigenvalue weighted by atomic mass is 32.2. The summed E-state index contributed by atoms with van der Waals surface area (Å²) in [4.78, 5) is 59.1. The van der Waals surface area contributed by atoms with E-state index < -0.39 is 29.2 Å². The molecule has 0 aliphatic carbocycles. The Morgan fingerprint density at radius 2 is 2.17 bits per heavy atom. The van der Waals surface area contributed by atoms with Gasteiger partial charge in [0.25, 0.3) is 11.8 Å². The normalized spacial score (nSPS) is 18.7. The highest BCUT2D eigenvalue weighted by Gasteiger charge is 2.54. The molecule has 0 saturated carbocycles. The van der Waals surface area contributed by atoms with Gasteiger partial charge in [0.05, 0.1) is 0 Å². The van der Waals surface area contributed by atoms with Crippen molar-refractivity contribution in [2.24, 2.45) is 5.16 Å². The van der Waals surface area contributed by atoms with Gasteiger partial charge in [-0.25, -0.2) is 14.5 Å². The van der Waals surface area contributed by atoms with Gasteiger partial charge in [-0.2, -0.15) is 0 Å². The number of aromatic nitrogens is 5. The molecule has 0 aromatic carbocycles. The zero-order valence-corrected chi connectivity index (χ0v) is 24.1. The van der Waals surface area contributed by atoms with Gasteiger partial charge in [0, 0.05) is 23.4 Å². The van der Waals surface area contributed by atoms with Crippen LogP contribution >= 0.6 is 34.9 Å². The molecular formula is C22H27N9O6S3. The molecule has 15 nitrogen and oxygen atoms in total. The summed E-state index contributed by atoms with van der Waals surface area (Å²) < 4.78 is 1.71. The van der Waals surface area contributed by atoms with Gasteiger partial charge in [-0.1, -0.05) is 43.1 Å². The highest BCUT2D eigenvalue weighted by molar-refractivity contribution is 8.01. The molecule has 2 aromatic heterocycles. The molecule has 2 aliphatic rings. The Morgan fingerprint density at radius 1 is 1.35 bits per heavy atom. The van der Waals surface area contributed by atoms with Crippen LogP contribution in [0.4, 0.5) is 5.13 Å². The summed E-state index contributed by atoms with van der Waals surface area (Å²) in [5.74, 6) is -1.86. The van der Waals surface area contributed by atoms with E-state index in [0.29, 0.717) is 35.2 Å². The smallest absolute Gasteiger partial charge is 0.352 e. The third kappa shape index (κ3) is 6.44. The Balaban J connectivity index is 1.43. The molecule has 3 amide bonds. The Hall–Kier alpha value is -3.51. The van der Waals surface area contributed by atoms with E-state index in [-0.39, 0.29) is 22.2 Å². The second-order valence-corrected chi connectivity index (χ2v) is 11.5. The molecule has 1 unspecified atom stereocenters. The number of carbonyl (C=O) groups is 4. The van der Waals surface area contributed by atoms with E-state index in [0.717, 1.165) is 37.0 Å². The molecule has 3 N–H and O–H groups in total. The Kier molecular flexibility index (Phi) is 10.1. The van der Waals surface area contributed by atoms with Crippen LogP contribution in [0.15, 0.2) is 27.0 Å². The molecule has 1 saturated heterocycles. The number of anilines is 1. The first-order valence-electron chi connectivity index (χ1n) is 12.3. The number of carboxylic acids is 1. The first kappa shape index (κ1) is 29.5. The predicted octanol–water partition coefficient (Wildman–Crippen LogP) is 1.16. The van der Waals surface area contributed by atoms with Crippen LogP contribution in [0.2, 0.25) is 0 Å². The quantitative estimate of drug-likeness (QED) is 0.0652. The van der Waals surface area contributed by atoms with E-state index in [2.05, 4.69) is 43.2 Å². The Bertz CT molecular complexity index is 1330. The average molecular weight is 610 g/mol. The summed E-state index contributed by atoms with van der Waals surface area (Å²) in [6, 6.07) is -0.968. The first-order valence-corrected chi connectivity index (χ1v) is 15.2. The average Bonchev–Trinajstić information content (AvgIpc) is 3.60. The number of hydrogen-bond acceptors (Lipinski definition) is 13. The minimum absolute atomic E-state index is 0.0939. The number of fused-ring (bicyclic) bond motifs is 1. The summed E-state index contributed by atoms with van der Waals surface area (Å²) in [6.45, 7) is 2.81. The van der Waals surface area contributed by atoms with E-state index in [1.165, 1.54) is 40.9 Å². The number of aryl methyl sites for hydroxylation is 1. The van der Waals surface area contributed by atoms with Crippen LogP contribution < -0.4 is 10.6 Å². The molecule has 0 radical (unpaired) electrons. The van der Waals surface area contributed by atoms with Gasteiger partial charge in [0.15, 0.2) is 10.8 Å². The summed E-state index contributed by atoms with van der Waals surface area (Å²) in [5, 5.41) is 32.3. The van der Waals surface area contributed by atoms with E-state index >= 15 is 0 Å². The van der Waals surface area contributed by atoms with Crippen LogP contribution in [0, 0.1) is 0 Å². The number of thiazole rings is 1. The molecule has 2 atom stereocenters. The zero-order chi connectivity index (χ0) is 28.6. The van der Waals surface area contributed by atoms with E-state index in [1.807, 2.05) is 0 Å². The molecule has 1 fully saturated rings. The minimum atomic E-state index is -1.22. The summed E-state index contributed by atoms with van der Waals surface area (Å²) in [6.07, 6.45) is 4.72. The SMILES string of the molecule is CCCCCCn1nnnc1SCC1=C(C(=O)O)N2C(=O)C(NC(=O)/C(=N/OC)c3csc(NC=O)n3)[C@H]2SC1. The van der Waals surface area contributed by atoms with Crippen LogP contribution in [0.1, 0.15) is 38.3 Å². The lowest BCUT2D eigenvalue weighted by Gasteiger charge is -2.49. The van der Waals surface area contributed by atoms with Gasteiger partial charge in [-0.05, 0) is 22.4 Å². The number of tetrazole rings is 1. The number of carboxylic acid groups (broad SMARTS) is 1.